The second kappa shape index (κ2) is 14.4. The second-order valence-corrected chi connectivity index (χ2v) is 12.6. The number of cyclic esters (lactones) is 1. The molecular weight excluding hydrogens is 524 g/mol. The Morgan fingerprint density at radius 3 is 2.33 bits per heavy atom. The molecule has 1 aliphatic rings. The summed E-state index contributed by atoms with van der Waals surface area (Å²) in [5, 5.41) is 0.947. The first-order valence-electron chi connectivity index (χ1n) is 15.2. The summed E-state index contributed by atoms with van der Waals surface area (Å²) in [5.74, 6) is 7.91. The molecule has 1 saturated heterocycles. The molecule has 2 heterocycles. The zero-order valence-electron chi connectivity index (χ0n) is 25.9. The molecule has 5 heteroatoms. The lowest BCUT2D eigenvalue weighted by Crippen LogP contribution is -2.23. The molecular formula is C37H44O5. The molecule has 42 heavy (non-hydrogen) atoms. The summed E-state index contributed by atoms with van der Waals surface area (Å²) >= 11 is 0. The van der Waals surface area contributed by atoms with E-state index in [1.165, 1.54) is 5.56 Å². The zero-order valence-corrected chi connectivity index (χ0v) is 25.9. The lowest BCUT2D eigenvalue weighted by Gasteiger charge is -2.19. The second-order valence-electron chi connectivity index (χ2n) is 12.6. The fraction of sp³-hybridized carbons (Fsp3) is 0.459. The van der Waals surface area contributed by atoms with Gasteiger partial charge >= 0.3 is 11.9 Å². The van der Waals surface area contributed by atoms with E-state index < -0.39 is 12.0 Å². The number of hydrogen-bond donors (Lipinski definition) is 0. The molecule has 222 valence electrons. The highest BCUT2D eigenvalue weighted by molar-refractivity contribution is 5.90. The standard InChI is InChI=1S/C37H44O5/c1-24(2)17-30(18-25(3)4)13-15-31-21-34(42-37(31)39)23-40-36(38)27(6)19-33-22-32-20-29(14-16-35(32)41-33)12-11-28-9-7-26(5)8-10-28/h7-10,14-16,20,22,24-25,27,30,34H,13,17-19,21,23H2,1-6H3/b31-15+. The van der Waals surface area contributed by atoms with Gasteiger partial charge in [-0.25, -0.2) is 4.79 Å². The molecule has 0 amide bonds. The van der Waals surface area contributed by atoms with E-state index in [2.05, 4.69) is 58.6 Å². The topological polar surface area (TPSA) is 65.7 Å². The molecule has 2 unspecified atom stereocenters. The Kier molecular flexibility index (Phi) is 10.7. The molecule has 0 N–H and O–H groups in total. The Balaban J connectivity index is 1.28. The lowest BCUT2D eigenvalue weighted by atomic mass is 9.86. The first-order chi connectivity index (χ1) is 20.0. The highest BCUT2D eigenvalue weighted by atomic mass is 16.6. The summed E-state index contributed by atoms with van der Waals surface area (Å²) in [6, 6.07) is 15.9. The zero-order chi connectivity index (χ0) is 30.2. The van der Waals surface area contributed by atoms with Crippen molar-refractivity contribution in [3.05, 3.63) is 82.6 Å². The Hall–Kier alpha value is -3.78. The molecule has 3 aromatic rings. The van der Waals surface area contributed by atoms with Gasteiger partial charge in [0.15, 0.2) is 0 Å². The predicted octanol–water partition coefficient (Wildman–Crippen LogP) is 8.20. The number of benzene rings is 2. The molecule has 2 aromatic carbocycles. The third-order valence-electron chi connectivity index (χ3n) is 7.58. The summed E-state index contributed by atoms with van der Waals surface area (Å²) in [6.45, 7) is 12.9. The van der Waals surface area contributed by atoms with Crippen molar-refractivity contribution in [1.82, 2.24) is 0 Å². The van der Waals surface area contributed by atoms with Crippen LogP contribution in [0, 0.1) is 42.4 Å². The monoisotopic (exact) mass is 568 g/mol. The van der Waals surface area contributed by atoms with Gasteiger partial charge in [-0.2, -0.15) is 0 Å². The quantitative estimate of drug-likeness (QED) is 0.132. The van der Waals surface area contributed by atoms with E-state index >= 15 is 0 Å². The first kappa shape index (κ1) is 31.2. The number of allylic oxidation sites excluding steroid dienone is 1. The summed E-state index contributed by atoms with van der Waals surface area (Å²) in [7, 11) is 0. The van der Waals surface area contributed by atoms with Crippen LogP contribution >= 0.6 is 0 Å². The Bertz CT molecular complexity index is 1450. The molecule has 1 aromatic heterocycles. The van der Waals surface area contributed by atoms with Crippen molar-refractivity contribution in [1.29, 1.82) is 0 Å². The molecule has 5 nitrogen and oxygen atoms in total. The van der Waals surface area contributed by atoms with Crippen molar-refractivity contribution in [3.8, 4) is 11.8 Å². The Morgan fingerprint density at radius 1 is 0.976 bits per heavy atom. The number of aryl methyl sites for hydroxylation is 1. The summed E-state index contributed by atoms with van der Waals surface area (Å²) in [6.07, 6.45) is 5.68. The number of carbonyl (C=O) groups excluding carboxylic acids is 2. The van der Waals surface area contributed by atoms with Gasteiger partial charge in [-0.15, -0.1) is 0 Å². The first-order valence-corrected chi connectivity index (χ1v) is 15.2. The van der Waals surface area contributed by atoms with Crippen molar-refractivity contribution in [3.63, 3.8) is 0 Å². The number of furan rings is 1. The van der Waals surface area contributed by atoms with Crippen LogP contribution in [0.4, 0.5) is 0 Å². The normalized spacial score (nSPS) is 16.7. The summed E-state index contributed by atoms with van der Waals surface area (Å²) < 4.78 is 17.1. The van der Waals surface area contributed by atoms with Crippen LogP contribution in [0.25, 0.3) is 11.0 Å². The number of ether oxygens (including phenoxy) is 2. The largest absolute Gasteiger partial charge is 0.462 e. The van der Waals surface area contributed by atoms with Crippen molar-refractivity contribution >= 4 is 22.9 Å². The van der Waals surface area contributed by atoms with Crippen molar-refractivity contribution in [2.75, 3.05) is 6.61 Å². The van der Waals surface area contributed by atoms with Gasteiger partial charge in [0.1, 0.15) is 24.1 Å². The maximum absolute atomic E-state index is 12.8. The summed E-state index contributed by atoms with van der Waals surface area (Å²) in [4.78, 5) is 25.2. The molecule has 0 aliphatic carbocycles. The van der Waals surface area contributed by atoms with Crippen LogP contribution in [0.3, 0.4) is 0 Å². The molecule has 0 spiro atoms. The SMILES string of the molecule is Cc1ccc(C#Cc2ccc3oc(CC(C)C(=O)OCC4C/C(=C\CC(CC(C)C)CC(C)C)C(=O)O4)cc3c2)cc1. The van der Waals surface area contributed by atoms with Crippen LogP contribution in [0.5, 0.6) is 0 Å². The maximum atomic E-state index is 12.8. The highest BCUT2D eigenvalue weighted by Gasteiger charge is 2.30. The molecule has 2 atom stereocenters. The van der Waals surface area contributed by atoms with Gasteiger partial charge in [0.05, 0.1) is 5.92 Å². The van der Waals surface area contributed by atoms with Crippen LogP contribution < -0.4 is 0 Å². The van der Waals surface area contributed by atoms with Crippen molar-refractivity contribution < 1.29 is 23.5 Å². The van der Waals surface area contributed by atoms with E-state index in [9.17, 15) is 9.59 Å². The predicted molar refractivity (Wildman–Crippen MR) is 167 cm³/mol. The molecule has 1 aliphatic heterocycles. The third kappa shape index (κ3) is 9.11. The van der Waals surface area contributed by atoms with Gasteiger partial charge in [-0.05, 0) is 80.3 Å². The average Bonchev–Trinajstić information content (AvgIpc) is 3.50. The van der Waals surface area contributed by atoms with Gasteiger partial charge in [0, 0.05) is 34.9 Å². The number of rotatable bonds is 11. The van der Waals surface area contributed by atoms with Gasteiger partial charge in [0.25, 0.3) is 0 Å². The maximum Gasteiger partial charge on any atom is 0.334 e. The third-order valence-corrected chi connectivity index (χ3v) is 7.58. The fourth-order valence-electron chi connectivity index (χ4n) is 5.55. The number of carbonyl (C=O) groups is 2. The van der Waals surface area contributed by atoms with E-state index in [0.29, 0.717) is 41.9 Å². The van der Waals surface area contributed by atoms with Crippen molar-refractivity contribution in [2.45, 2.75) is 79.8 Å². The molecule has 0 saturated carbocycles. The number of esters is 2. The van der Waals surface area contributed by atoms with Gasteiger partial charge in [-0.1, -0.05) is 70.2 Å². The van der Waals surface area contributed by atoms with E-state index in [-0.39, 0.29) is 18.5 Å². The lowest BCUT2D eigenvalue weighted by molar-refractivity contribution is -0.155. The van der Waals surface area contributed by atoms with E-state index in [4.69, 9.17) is 13.9 Å². The van der Waals surface area contributed by atoms with E-state index in [1.807, 2.05) is 49.4 Å². The van der Waals surface area contributed by atoms with Crippen molar-refractivity contribution in [2.24, 2.45) is 23.7 Å². The highest BCUT2D eigenvalue weighted by Crippen LogP contribution is 2.28. The van der Waals surface area contributed by atoms with Crippen LogP contribution in [0.1, 0.15) is 82.8 Å². The Morgan fingerprint density at radius 2 is 1.64 bits per heavy atom. The molecule has 4 rings (SSSR count). The van der Waals surface area contributed by atoms with Gasteiger partial charge in [-0.3, -0.25) is 4.79 Å². The Labute approximate surface area is 250 Å². The smallest absolute Gasteiger partial charge is 0.334 e. The summed E-state index contributed by atoms with van der Waals surface area (Å²) in [5.41, 5.74) is 4.53. The van der Waals surface area contributed by atoms with Gasteiger partial charge < -0.3 is 13.9 Å². The van der Waals surface area contributed by atoms with E-state index in [0.717, 1.165) is 41.4 Å². The van der Waals surface area contributed by atoms with Crippen LogP contribution in [-0.4, -0.2) is 24.6 Å². The van der Waals surface area contributed by atoms with E-state index in [1.54, 1.807) is 0 Å². The van der Waals surface area contributed by atoms with Crippen LogP contribution in [0.2, 0.25) is 0 Å². The van der Waals surface area contributed by atoms with Gasteiger partial charge in [0.2, 0.25) is 0 Å². The minimum atomic E-state index is -0.431. The van der Waals surface area contributed by atoms with Crippen LogP contribution in [0.15, 0.2) is 64.6 Å². The van der Waals surface area contributed by atoms with Crippen LogP contribution in [-0.2, 0) is 25.5 Å². The number of hydrogen-bond acceptors (Lipinski definition) is 5. The molecule has 0 bridgehead atoms. The number of fused-ring (bicyclic) bond motifs is 1. The fourth-order valence-corrected chi connectivity index (χ4v) is 5.55. The minimum Gasteiger partial charge on any atom is -0.462 e. The molecule has 1 fully saturated rings. The molecule has 0 radical (unpaired) electrons. The average molecular weight is 569 g/mol. The minimum absolute atomic E-state index is 0.0663.